The molecular formula is C21H23BrN2O3. The lowest BCUT2D eigenvalue weighted by atomic mass is 10.0. The first kappa shape index (κ1) is 19.4. The number of fused-ring (bicyclic) bond motifs is 1. The average Bonchev–Trinajstić information content (AvgIpc) is 2.90. The largest absolute Gasteiger partial charge is 0.465 e. The quantitative estimate of drug-likeness (QED) is 0.747. The maximum absolute atomic E-state index is 13.1. The highest BCUT2D eigenvalue weighted by atomic mass is 79.9. The predicted octanol–water partition coefficient (Wildman–Crippen LogP) is 4.92. The van der Waals surface area contributed by atoms with Gasteiger partial charge in [-0.15, -0.1) is 0 Å². The Morgan fingerprint density at radius 2 is 1.89 bits per heavy atom. The van der Waals surface area contributed by atoms with E-state index in [4.69, 9.17) is 0 Å². The van der Waals surface area contributed by atoms with E-state index in [9.17, 15) is 14.7 Å². The number of rotatable bonds is 4. The summed E-state index contributed by atoms with van der Waals surface area (Å²) in [6.07, 6.45) is -0.990. The number of hydrogen-bond acceptors (Lipinski definition) is 2. The molecule has 0 unspecified atom stereocenters. The predicted molar refractivity (Wildman–Crippen MR) is 108 cm³/mol. The van der Waals surface area contributed by atoms with E-state index in [0.29, 0.717) is 12.1 Å². The highest BCUT2D eigenvalue weighted by molar-refractivity contribution is 9.10. The summed E-state index contributed by atoms with van der Waals surface area (Å²) in [7, 11) is 0. The molecule has 0 fully saturated rings. The summed E-state index contributed by atoms with van der Waals surface area (Å²) in [6.45, 7) is 6.26. The highest BCUT2D eigenvalue weighted by Gasteiger charge is 2.37. The van der Waals surface area contributed by atoms with Gasteiger partial charge in [-0.25, -0.2) is 4.79 Å². The van der Waals surface area contributed by atoms with Gasteiger partial charge in [-0.2, -0.15) is 0 Å². The average molecular weight is 431 g/mol. The van der Waals surface area contributed by atoms with Gasteiger partial charge in [-0.1, -0.05) is 46.3 Å². The van der Waals surface area contributed by atoms with Crippen LogP contribution < -0.4 is 0 Å². The summed E-state index contributed by atoms with van der Waals surface area (Å²) in [5, 5.41) is 9.74. The van der Waals surface area contributed by atoms with Gasteiger partial charge in [0, 0.05) is 28.7 Å². The number of carboxylic acid groups (broad SMARTS) is 1. The van der Waals surface area contributed by atoms with Crippen LogP contribution in [0.15, 0.2) is 53.0 Å². The number of halogens is 1. The molecule has 3 rings (SSSR count). The fourth-order valence-electron chi connectivity index (χ4n) is 3.43. The van der Waals surface area contributed by atoms with E-state index in [2.05, 4.69) is 15.9 Å². The van der Waals surface area contributed by atoms with Gasteiger partial charge in [0.05, 0.1) is 6.04 Å². The summed E-state index contributed by atoms with van der Waals surface area (Å²) in [4.78, 5) is 28.1. The normalized spacial score (nSPS) is 14.8. The Labute approximate surface area is 167 Å². The number of amides is 2. The molecule has 1 aliphatic rings. The van der Waals surface area contributed by atoms with Gasteiger partial charge in [0.25, 0.3) is 5.91 Å². The summed E-state index contributed by atoms with van der Waals surface area (Å²) >= 11 is 3.46. The third kappa shape index (κ3) is 4.00. The lowest BCUT2D eigenvalue weighted by Crippen LogP contribution is -2.49. The molecule has 0 spiro atoms. The van der Waals surface area contributed by atoms with Crippen molar-refractivity contribution in [3.05, 3.63) is 69.7 Å². The Kier molecular flexibility index (Phi) is 5.29. The van der Waals surface area contributed by atoms with E-state index in [1.165, 1.54) is 4.90 Å². The van der Waals surface area contributed by atoms with Crippen LogP contribution in [0.4, 0.5) is 4.79 Å². The van der Waals surface area contributed by atoms with E-state index in [1.54, 1.807) is 4.90 Å². The maximum atomic E-state index is 13.1. The van der Waals surface area contributed by atoms with Crippen LogP contribution in [-0.4, -0.2) is 39.0 Å². The molecule has 1 aliphatic heterocycles. The SMILES string of the molecule is CC(C)(C)N(C[C@@H](c1ccccc1)N1Cc2cc(Br)ccc2C1=O)C(=O)O. The monoisotopic (exact) mass is 430 g/mol. The minimum Gasteiger partial charge on any atom is -0.465 e. The Balaban J connectivity index is 1.99. The molecule has 1 heterocycles. The van der Waals surface area contributed by atoms with Crippen LogP contribution in [0, 0.1) is 0 Å². The summed E-state index contributed by atoms with van der Waals surface area (Å²) in [5.74, 6) is -0.0643. The summed E-state index contributed by atoms with van der Waals surface area (Å²) < 4.78 is 0.925. The molecule has 2 aromatic carbocycles. The molecule has 6 heteroatoms. The van der Waals surface area contributed by atoms with E-state index >= 15 is 0 Å². The molecule has 0 aliphatic carbocycles. The van der Waals surface area contributed by atoms with E-state index < -0.39 is 11.6 Å². The fourth-order valence-corrected chi connectivity index (χ4v) is 3.84. The molecule has 5 nitrogen and oxygen atoms in total. The molecular weight excluding hydrogens is 408 g/mol. The van der Waals surface area contributed by atoms with Crippen LogP contribution in [0.25, 0.3) is 0 Å². The number of benzene rings is 2. The highest BCUT2D eigenvalue weighted by Crippen LogP contribution is 2.34. The number of hydrogen-bond donors (Lipinski definition) is 1. The molecule has 27 heavy (non-hydrogen) atoms. The lowest BCUT2D eigenvalue weighted by Gasteiger charge is -2.38. The first-order chi connectivity index (χ1) is 12.7. The van der Waals surface area contributed by atoms with Crippen LogP contribution in [0.5, 0.6) is 0 Å². The van der Waals surface area contributed by atoms with E-state index in [1.807, 2.05) is 69.3 Å². The van der Waals surface area contributed by atoms with Crippen molar-refractivity contribution in [3.63, 3.8) is 0 Å². The molecule has 0 aromatic heterocycles. The number of carbonyl (C=O) groups excluding carboxylic acids is 1. The van der Waals surface area contributed by atoms with E-state index in [-0.39, 0.29) is 18.5 Å². The van der Waals surface area contributed by atoms with Crippen LogP contribution in [-0.2, 0) is 6.54 Å². The Morgan fingerprint density at radius 1 is 1.22 bits per heavy atom. The first-order valence-corrected chi connectivity index (χ1v) is 9.62. The summed E-state index contributed by atoms with van der Waals surface area (Å²) in [5.41, 5.74) is 1.98. The van der Waals surface area contributed by atoms with Crippen LogP contribution >= 0.6 is 15.9 Å². The van der Waals surface area contributed by atoms with Crippen LogP contribution in [0.2, 0.25) is 0 Å². The van der Waals surface area contributed by atoms with Crippen molar-refractivity contribution < 1.29 is 14.7 Å². The fraction of sp³-hybridized carbons (Fsp3) is 0.333. The van der Waals surface area contributed by atoms with Gasteiger partial charge >= 0.3 is 6.09 Å². The van der Waals surface area contributed by atoms with Crippen molar-refractivity contribution in [3.8, 4) is 0 Å². The van der Waals surface area contributed by atoms with Crippen molar-refractivity contribution >= 4 is 27.9 Å². The minimum absolute atomic E-state index is 0.0643. The maximum Gasteiger partial charge on any atom is 0.407 e. The van der Waals surface area contributed by atoms with Crippen LogP contribution in [0.3, 0.4) is 0 Å². The van der Waals surface area contributed by atoms with Gasteiger partial charge in [0.1, 0.15) is 0 Å². The zero-order valence-corrected chi connectivity index (χ0v) is 17.2. The van der Waals surface area contributed by atoms with E-state index in [0.717, 1.165) is 15.6 Å². The Hall–Kier alpha value is -2.34. The number of carbonyl (C=O) groups is 2. The lowest BCUT2D eigenvalue weighted by molar-refractivity contribution is 0.0525. The molecule has 0 radical (unpaired) electrons. The molecule has 2 aromatic rings. The molecule has 1 N–H and O–H groups in total. The number of nitrogens with zero attached hydrogens (tertiary/aromatic N) is 2. The minimum atomic E-state index is -0.990. The Morgan fingerprint density at radius 3 is 2.48 bits per heavy atom. The second-order valence-corrected chi connectivity index (χ2v) is 8.64. The molecule has 0 saturated heterocycles. The van der Waals surface area contributed by atoms with Crippen molar-refractivity contribution in [2.24, 2.45) is 0 Å². The smallest absolute Gasteiger partial charge is 0.407 e. The molecule has 1 atom stereocenters. The Bertz CT molecular complexity index is 861. The van der Waals surface area contributed by atoms with Gasteiger partial charge in [0.15, 0.2) is 0 Å². The summed E-state index contributed by atoms with van der Waals surface area (Å²) in [6, 6.07) is 14.9. The zero-order valence-electron chi connectivity index (χ0n) is 15.6. The zero-order chi connectivity index (χ0) is 19.8. The first-order valence-electron chi connectivity index (χ1n) is 8.83. The van der Waals surface area contributed by atoms with Gasteiger partial charge < -0.3 is 14.9 Å². The van der Waals surface area contributed by atoms with Gasteiger partial charge in [0.2, 0.25) is 0 Å². The second-order valence-electron chi connectivity index (χ2n) is 7.73. The topological polar surface area (TPSA) is 60.9 Å². The van der Waals surface area contributed by atoms with Crippen molar-refractivity contribution in [1.29, 1.82) is 0 Å². The second kappa shape index (κ2) is 7.35. The van der Waals surface area contributed by atoms with Crippen molar-refractivity contribution in [2.45, 2.75) is 38.9 Å². The van der Waals surface area contributed by atoms with Crippen molar-refractivity contribution in [1.82, 2.24) is 9.80 Å². The third-order valence-corrected chi connectivity index (χ3v) is 5.35. The molecule has 0 bridgehead atoms. The molecule has 142 valence electrons. The van der Waals surface area contributed by atoms with Crippen LogP contribution in [0.1, 0.15) is 48.3 Å². The molecule has 0 saturated carbocycles. The standard InChI is InChI=1S/C21H23BrN2O3/c1-21(2,3)24(20(26)27)13-18(14-7-5-4-6-8-14)23-12-15-11-16(22)9-10-17(15)19(23)25/h4-11,18H,12-13H2,1-3H3,(H,26,27)/t18-/m0/s1. The third-order valence-electron chi connectivity index (χ3n) is 4.86. The van der Waals surface area contributed by atoms with Crippen molar-refractivity contribution in [2.75, 3.05) is 6.54 Å². The van der Waals surface area contributed by atoms with Gasteiger partial charge in [-0.3, -0.25) is 4.79 Å². The van der Waals surface area contributed by atoms with Gasteiger partial charge in [-0.05, 0) is 50.1 Å². The molecule has 2 amide bonds.